The van der Waals surface area contributed by atoms with Crippen LogP contribution < -0.4 is 10.2 Å². The summed E-state index contributed by atoms with van der Waals surface area (Å²) in [5, 5.41) is 2.41. The highest BCUT2D eigenvalue weighted by Crippen LogP contribution is 2.40. The van der Waals surface area contributed by atoms with Crippen molar-refractivity contribution in [3.05, 3.63) is 30.1 Å². The fraction of sp³-hybridized carbons (Fsp3) is 0.500. The number of hydrogen-bond donors (Lipinski definition) is 1. The van der Waals surface area contributed by atoms with Gasteiger partial charge in [-0.15, -0.1) is 0 Å². The third-order valence-corrected chi connectivity index (χ3v) is 7.38. The molecule has 1 aromatic rings. The molecule has 0 aromatic heterocycles. The zero-order valence-corrected chi connectivity index (χ0v) is 17.8. The van der Waals surface area contributed by atoms with E-state index >= 15 is 0 Å². The van der Waals surface area contributed by atoms with E-state index in [-0.39, 0.29) is 29.3 Å². The average Bonchev–Trinajstić information content (AvgIpc) is 3.03. The van der Waals surface area contributed by atoms with Gasteiger partial charge >= 0.3 is 6.09 Å². The molecule has 29 heavy (non-hydrogen) atoms. The molecule has 2 heterocycles. The first-order valence-electron chi connectivity index (χ1n) is 8.94. The SMILES string of the molecule is CC(C)(C)OC(=O)NCC(=O)N=C1S[C@@H]2CS(=O)(=O)C[C@H]2N1c1ccc(F)cc1. The maximum Gasteiger partial charge on any atom is 0.408 e. The number of carbonyl (C=O) groups excluding carboxylic acids is 2. The molecule has 2 aliphatic rings. The molecule has 2 aliphatic heterocycles. The van der Waals surface area contributed by atoms with E-state index in [2.05, 4.69) is 10.3 Å². The van der Waals surface area contributed by atoms with Gasteiger partial charge in [-0.1, -0.05) is 11.8 Å². The lowest BCUT2D eigenvalue weighted by Gasteiger charge is -2.24. The van der Waals surface area contributed by atoms with E-state index in [0.29, 0.717) is 10.9 Å². The summed E-state index contributed by atoms with van der Waals surface area (Å²) in [6.45, 7) is 4.76. The third kappa shape index (κ3) is 5.47. The van der Waals surface area contributed by atoms with E-state index in [9.17, 15) is 22.4 Å². The van der Waals surface area contributed by atoms with Crippen LogP contribution >= 0.6 is 11.8 Å². The lowest BCUT2D eigenvalue weighted by atomic mass is 10.2. The second-order valence-electron chi connectivity index (χ2n) is 7.79. The average molecular weight is 444 g/mol. The van der Waals surface area contributed by atoms with Crippen molar-refractivity contribution in [2.75, 3.05) is 23.0 Å². The maximum absolute atomic E-state index is 13.3. The Morgan fingerprint density at radius 2 is 1.93 bits per heavy atom. The first-order chi connectivity index (χ1) is 13.4. The van der Waals surface area contributed by atoms with Crippen molar-refractivity contribution in [1.29, 1.82) is 0 Å². The Balaban J connectivity index is 1.77. The van der Waals surface area contributed by atoms with E-state index in [1.807, 2.05) is 0 Å². The van der Waals surface area contributed by atoms with Crippen LogP contribution in [0.2, 0.25) is 0 Å². The van der Waals surface area contributed by atoms with Gasteiger partial charge < -0.3 is 15.0 Å². The van der Waals surface area contributed by atoms with Crippen LogP contribution in [0.4, 0.5) is 14.9 Å². The number of alkyl carbamates (subject to hydrolysis) is 1. The number of halogens is 1. The zero-order valence-electron chi connectivity index (χ0n) is 16.2. The Morgan fingerprint density at radius 1 is 1.28 bits per heavy atom. The van der Waals surface area contributed by atoms with Crippen LogP contribution in [0.1, 0.15) is 20.8 Å². The van der Waals surface area contributed by atoms with Gasteiger partial charge in [0.2, 0.25) is 0 Å². The van der Waals surface area contributed by atoms with E-state index in [1.165, 1.54) is 36.0 Å². The molecule has 8 nitrogen and oxygen atoms in total. The van der Waals surface area contributed by atoms with Crippen molar-refractivity contribution in [2.45, 2.75) is 37.7 Å². The smallest absolute Gasteiger partial charge is 0.408 e. The lowest BCUT2D eigenvalue weighted by molar-refractivity contribution is -0.117. The molecule has 2 saturated heterocycles. The van der Waals surface area contributed by atoms with Crippen LogP contribution in [0.15, 0.2) is 29.3 Å². The molecular formula is C18H22FN3O5S2. The van der Waals surface area contributed by atoms with Crippen molar-refractivity contribution in [2.24, 2.45) is 4.99 Å². The molecular weight excluding hydrogens is 421 g/mol. The summed E-state index contributed by atoms with van der Waals surface area (Å²) < 4.78 is 42.4. The van der Waals surface area contributed by atoms with E-state index in [1.54, 1.807) is 25.7 Å². The summed E-state index contributed by atoms with van der Waals surface area (Å²) in [6, 6.07) is 5.17. The number of hydrogen-bond acceptors (Lipinski definition) is 6. The summed E-state index contributed by atoms with van der Waals surface area (Å²) in [7, 11) is -3.20. The minimum atomic E-state index is -3.20. The van der Waals surface area contributed by atoms with Crippen LogP contribution in [-0.4, -0.2) is 60.5 Å². The van der Waals surface area contributed by atoms with Crippen LogP contribution in [-0.2, 0) is 19.4 Å². The Hall–Kier alpha value is -2.14. The molecule has 0 aliphatic carbocycles. The number of amides is 2. The summed E-state index contributed by atoms with van der Waals surface area (Å²) in [5.41, 5.74) is -0.141. The van der Waals surface area contributed by atoms with Crippen LogP contribution in [0.3, 0.4) is 0 Å². The van der Waals surface area contributed by atoms with Crippen molar-refractivity contribution in [1.82, 2.24) is 5.32 Å². The maximum atomic E-state index is 13.3. The molecule has 0 saturated carbocycles. The first kappa shape index (κ1) is 21.6. The molecule has 0 radical (unpaired) electrons. The third-order valence-electron chi connectivity index (χ3n) is 4.17. The van der Waals surface area contributed by atoms with Gasteiger partial charge in [-0.2, -0.15) is 4.99 Å². The molecule has 1 N–H and O–H groups in total. The van der Waals surface area contributed by atoms with E-state index < -0.39 is 33.3 Å². The molecule has 2 amide bonds. The fourth-order valence-electron chi connectivity index (χ4n) is 3.08. The minimum Gasteiger partial charge on any atom is -0.444 e. The predicted molar refractivity (Wildman–Crippen MR) is 109 cm³/mol. The number of rotatable bonds is 3. The number of carbonyl (C=O) groups is 2. The zero-order chi connectivity index (χ0) is 21.4. The van der Waals surface area contributed by atoms with Crippen LogP contribution in [0.5, 0.6) is 0 Å². The first-order valence-corrected chi connectivity index (χ1v) is 11.6. The summed E-state index contributed by atoms with van der Waals surface area (Å²) in [5.74, 6) is -1.10. The number of anilines is 1. The Bertz CT molecular complexity index is 941. The second-order valence-corrected chi connectivity index (χ2v) is 11.2. The standard InChI is InChI=1S/C18H22FN3O5S2/c1-18(2,3)27-17(24)20-8-15(23)21-16-22(12-6-4-11(19)5-7-12)13-9-29(25,26)10-14(13)28-16/h4-7,13-14H,8-10H2,1-3H3,(H,20,24)/t13-,14-/m1/s1. The molecule has 0 unspecified atom stereocenters. The van der Waals surface area contributed by atoms with Crippen molar-refractivity contribution in [3.63, 3.8) is 0 Å². The van der Waals surface area contributed by atoms with Gasteiger partial charge in [-0.3, -0.25) is 4.79 Å². The van der Waals surface area contributed by atoms with E-state index in [4.69, 9.17) is 4.74 Å². The number of benzene rings is 1. The Labute approximate surface area is 172 Å². The Kier molecular flexibility index (Phi) is 5.91. The molecule has 0 spiro atoms. The number of sulfone groups is 1. The van der Waals surface area contributed by atoms with Crippen LogP contribution in [0.25, 0.3) is 0 Å². The van der Waals surface area contributed by atoms with Crippen LogP contribution in [0, 0.1) is 5.82 Å². The largest absolute Gasteiger partial charge is 0.444 e. The van der Waals surface area contributed by atoms with Gasteiger partial charge in [-0.25, -0.2) is 17.6 Å². The Morgan fingerprint density at radius 3 is 2.55 bits per heavy atom. The van der Waals surface area contributed by atoms with Gasteiger partial charge in [0.15, 0.2) is 15.0 Å². The number of thioether (sulfide) groups is 1. The normalized spacial score (nSPS) is 24.4. The predicted octanol–water partition coefficient (Wildman–Crippen LogP) is 1.95. The number of fused-ring (bicyclic) bond motifs is 1. The molecule has 11 heteroatoms. The van der Waals surface area contributed by atoms with Gasteiger partial charge in [0.25, 0.3) is 5.91 Å². The summed E-state index contributed by atoms with van der Waals surface area (Å²) in [4.78, 5) is 29.7. The molecule has 2 fully saturated rings. The van der Waals surface area contributed by atoms with Gasteiger partial charge in [0, 0.05) is 10.9 Å². The number of aliphatic imine (C=N–C) groups is 1. The number of ether oxygens (including phenoxy) is 1. The topological polar surface area (TPSA) is 105 Å². The lowest BCUT2D eigenvalue weighted by Crippen LogP contribution is -2.38. The number of amidine groups is 1. The monoisotopic (exact) mass is 443 g/mol. The molecule has 3 rings (SSSR count). The van der Waals surface area contributed by atoms with Gasteiger partial charge in [-0.05, 0) is 45.0 Å². The fourth-order valence-corrected chi connectivity index (χ4v) is 7.01. The minimum absolute atomic E-state index is 0.0105. The highest BCUT2D eigenvalue weighted by Gasteiger charge is 2.49. The molecule has 1 aromatic carbocycles. The summed E-state index contributed by atoms with van der Waals surface area (Å²) in [6.07, 6.45) is -0.733. The van der Waals surface area contributed by atoms with Gasteiger partial charge in [0.1, 0.15) is 18.0 Å². The second kappa shape index (κ2) is 7.94. The summed E-state index contributed by atoms with van der Waals surface area (Å²) >= 11 is 1.20. The van der Waals surface area contributed by atoms with Crippen molar-refractivity contribution < 1.29 is 27.1 Å². The molecule has 2 atom stereocenters. The number of nitrogens with zero attached hydrogens (tertiary/aromatic N) is 2. The van der Waals surface area contributed by atoms with Crippen molar-refractivity contribution in [3.8, 4) is 0 Å². The van der Waals surface area contributed by atoms with Gasteiger partial charge in [0.05, 0.1) is 17.5 Å². The highest BCUT2D eigenvalue weighted by molar-refractivity contribution is 8.16. The highest BCUT2D eigenvalue weighted by atomic mass is 32.2. The van der Waals surface area contributed by atoms with E-state index in [0.717, 1.165) is 0 Å². The quantitative estimate of drug-likeness (QED) is 0.761. The molecule has 158 valence electrons. The molecule has 0 bridgehead atoms. The number of nitrogens with one attached hydrogen (secondary N) is 1. The van der Waals surface area contributed by atoms with Crippen molar-refractivity contribution >= 4 is 44.5 Å².